The summed E-state index contributed by atoms with van der Waals surface area (Å²) >= 11 is 0. The predicted molar refractivity (Wildman–Crippen MR) is 79.2 cm³/mol. The van der Waals surface area contributed by atoms with Crippen LogP contribution in [0.1, 0.15) is 24.5 Å². The number of nitrogens with one attached hydrogen (secondary N) is 1. The van der Waals surface area contributed by atoms with E-state index in [-0.39, 0.29) is 11.6 Å². The highest BCUT2D eigenvalue weighted by atomic mass is 19.1. The van der Waals surface area contributed by atoms with E-state index in [4.69, 9.17) is 0 Å². The SMILES string of the molecule is CC(=O)CCc1ccc(NCc2ccc(F)cc2)cc1. The van der Waals surface area contributed by atoms with Crippen LogP contribution in [0.15, 0.2) is 48.5 Å². The van der Waals surface area contributed by atoms with E-state index in [0.717, 1.165) is 23.2 Å². The number of carbonyl (C=O) groups is 1. The van der Waals surface area contributed by atoms with Gasteiger partial charge >= 0.3 is 0 Å². The first-order valence-electron chi connectivity index (χ1n) is 6.70. The molecular formula is C17H18FNO. The molecule has 0 aliphatic heterocycles. The Morgan fingerprint density at radius 3 is 2.20 bits per heavy atom. The van der Waals surface area contributed by atoms with Gasteiger partial charge < -0.3 is 10.1 Å². The molecule has 1 N–H and O–H groups in total. The summed E-state index contributed by atoms with van der Waals surface area (Å²) < 4.78 is 12.8. The first kappa shape index (κ1) is 14.3. The number of hydrogen-bond donors (Lipinski definition) is 1. The van der Waals surface area contributed by atoms with Crippen LogP contribution >= 0.6 is 0 Å². The Kier molecular flexibility index (Phi) is 4.88. The lowest BCUT2D eigenvalue weighted by Gasteiger charge is -2.07. The molecule has 0 saturated heterocycles. The van der Waals surface area contributed by atoms with E-state index >= 15 is 0 Å². The molecule has 20 heavy (non-hydrogen) atoms. The second kappa shape index (κ2) is 6.85. The molecule has 0 aromatic heterocycles. The Morgan fingerprint density at radius 1 is 1.00 bits per heavy atom. The van der Waals surface area contributed by atoms with Gasteiger partial charge in [-0.05, 0) is 48.7 Å². The molecule has 0 aliphatic carbocycles. The van der Waals surface area contributed by atoms with Crippen LogP contribution in [-0.4, -0.2) is 5.78 Å². The molecule has 3 heteroatoms. The summed E-state index contributed by atoms with van der Waals surface area (Å²) in [6.07, 6.45) is 1.37. The van der Waals surface area contributed by atoms with Gasteiger partial charge in [-0.15, -0.1) is 0 Å². The molecule has 0 amide bonds. The third-order valence-electron chi connectivity index (χ3n) is 3.13. The summed E-state index contributed by atoms with van der Waals surface area (Å²) in [5.74, 6) is -0.00733. The number of hydrogen-bond acceptors (Lipinski definition) is 2. The van der Waals surface area contributed by atoms with Crippen LogP contribution in [0.3, 0.4) is 0 Å². The molecule has 0 atom stereocenters. The number of halogens is 1. The second-order valence-corrected chi connectivity index (χ2v) is 4.88. The van der Waals surface area contributed by atoms with Gasteiger partial charge in [0.25, 0.3) is 0 Å². The third-order valence-corrected chi connectivity index (χ3v) is 3.13. The molecular weight excluding hydrogens is 253 g/mol. The number of rotatable bonds is 6. The minimum absolute atomic E-state index is 0.212. The highest BCUT2D eigenvalue weighted by molar-refractivity contribution is 5.75. The minimum atomic E-state index is -0.219. The van der Waals surface area contributed by atoms with Gasteiger partial charge in [0.15, 0.2) is 0 Å². The van der Waals surface area contributed by atoms with E-state index in [2.05, 4.69) is 5.32 Å². The molecule has 2 rings (SSSR count). The first-order chi connectivity index (χ1) is 9.63. The van der Waals surface area contributed by atoms with Crippen LogP contribution in [-0.2, 0) is 17.8 Å². The Hall–Kier alpha value is -2.16. The zero-order valence-corrected chi connectivity index (χ0v) is 11.5. The lowest BCUT2D eigenvalue weighted by Crippen LogP contribution is -2.00. The fourth-order valence-electron chi connectivity index (χ4n) is 1.92. The smallest absolute Gasteiger partial charge is 0.130 e. The summed E-state index contributed by atoms with van der Waals surface area (Å²) in [5.41, 5.74) is 3.21. The number of benzene rings is 2. The van der Waals surface area contributed by atoms with Crippen molar-refractivity contribution in [3.8, 4) is 0 Å². The van der Waals surface area contributed by atoms with Gasteiger partial charge in [0, 0.05) is 18.7 Å². The van der Waals surface area contributed by atoms with Crippen LogP contribution in [0.25, 0.3) is 0 Å². The first-order valence-corrected chi connectivity index (χ1v) is 6.70. The zero-order valence-electron chi connectivity index (χ0n) is 11.5. The quantitative estimate of drug-likeness (QED) is 0.861. The van der Waals surface area contributed by atoms with Crippen molar-refractivity contribution in [1.82, 2.24) is 0 Å². The predicted octanol–water partition coefficient (Wildman–Crippen LogP) is 3.96. The molecule has 0 bridgehead atoms. The standard InChI is InChI=1S/C17H18FNO/c1-13(20)2-3-14-6-10-17(11-7-14)19-12-15-4-8-16(18)9-5-15/h4-11,19H,2-3,12H2,1H3. The van der Waals surface area contributed by atoms with E-state index in [1.807, 2.05) is 24.3 Å². The van der Waals surface area contributed by atoms with Crippen molar-refractivity contribution in [1.29, 1.82) is 0 Å². The van der Waals surface area contributed by atoms with E-state index in [9.17, 15) is 9.18 Å². The van der Waals surface area contributed by atoms with Gasteiger partial charge in [0.2, 0.25) is 0 Å². The van der Waals surface area contributed by atoms with E-state index in [0.29, 0.717) is 13.0 Å². The van der Waals surface area contributed by atoms with E-state index in [1.165, 1.54) is 12.1 Å². The fourth-order valence-corrected chi connectivity index (χ4v) is 1.92. The van der Waals surface area contributed by atoms with Crippen LogP contribution in [0.4, 0.5) is 10.1 Å². The van der Waals surface area contributed by atoms with Crippen molar-refractivity contribution in [2.45, 2.75) is 26.3 Å². The molecule has 0 radical (unpaired) electrons. The lowest BCUT2D eigenvalue weighted by atomic mass is 10.1. The Bertz CT molecular complexity index is 561. The molecule has 0 heterocycles. The molecule has 2 nitrogen and oxygen atoms in total. The summed E-state index contributed by atoms with van der Waals surface area (Å²) in [5, 5.41) is 3.28. The summed E-state index contributed by atoms with van der Waals surface area (Å²) in [4.78, 5) is 10.9. The van der Waals surface area contributed by atoms with Gasteiger partial charge in [-0.25, -0.2) is 4.39 Å². The summed E-state index contributed by atoms with van der Waals surface area (Å²) in [7, 11) is 0. The van der Waals surface area contributed by atoms with Crippen molar-refractivity contribution in [2.24, 2.45) is 0 Å². The summed E-state index contributed by atoms with van der Waals surface area (Å²) in [6.45, 7) is 2.27. The van der Waals surface area contributed by atoms with Gasteiger partial charge in [-0.2, -0.15) is 0 Å². The lowest BCUT2D eigenvalue weighted by molar-refractivity contribution is -0.116. The molecule has 0 unspecified atom stereocenters. The number of aryl methyl sites for hydroxylation is 1. The second-order valence-electron chi connectivity index (χ2n) is 4.88. The molecule has 0 fully saturated rings. The number of Topliss-reactive ketones (excluding diaryl/α,β-unsaturated/α-hetero) is 1. The molecule has 104 valence electrons. The fraction of sp³-hybridized carbons (Fsp3) is 0.235. The molecule has 0 saturated carbocycles. The molecule has 0 spiro atoms. The molecule has 0 aliphatic rings. The highest BCUT2D eigenvalue weighted by Gasteiger charge is 1.98. The number of ketones is 1. The minimum Gasteiger partial charge on any atom is -0.381 e. The van der Waals surface area contributed by atoms with Gasteiger partial charge in [-0.1, -0.05) is 24.3 Å². The maximum atomic E-state index is 12.8. The Labute approximate surface area is 118 Å². The average molecular weight is 271 g/mol. The molecule has 2 aromatic rings. The topological polar surface area (TPSA) is 29.1 Å². The summed E-state index contributed by atoms with van der Waals surface area (Å²) in [6, 6.07) is 14.5. The van der Waals surface area contributed by atoms with Crippen molar-refractivity contribution in [3.63, 3.8) is 0 Å². The molecule has 2 aromatic carbocycles. The van der Waals surface area contributed by atoms with Crippen LogP contribution in [0, 0.1) is 5.82 Å². The van der Waals surface area contributed by atoms with E-state index in [1.54, 1.807) is 19.1 Å². The van der Waals surface area contributed by atoms with Crippen molar-refractivity contribution >= 4 is 11.5 Å². The number of carbonyl (C=O) groups excluding carboxylic acids is 1. The van der Waals surface area contributed by atoms with E-state index < -0.39 is 0 Å². The van der Waals surface area contributed by atoms with Crippen LogP contribution in [0.5, 0.6) is 0 Å². The Balaban J connectivity index is 1.87. The normalized spacial score (nSPS) is 10.3. The monoisotopic (exact) mass is 271 g/mol. The van der Waals surface area contributed by atoms with Crippen molar-refractivity contribution in [2.75, 3.05) is 5.32 Å². The maximum Gasteiger partial charge on any atom is 0.130 e. The average Bonchev–Trinajstić information content (AvgIpc) is 2.45. The zero-order chi connectivity index (χ0) is 14.4. The van der Waals surface area contributed by atoms with Gasteiger partial charge in [-0.3, -0.25) is 0 Å². The third kappa shape index (κ3) is 4.50. The van der Waals surface area contributed by atoms with Crippen molar-refractivity contribution < 1.29 is 9.18 Å². The maximum absolute atomic E-state index is 12.8. The van der Waals surface area contributed by atoms with Gasteiger partial charge in [0.05, 0.1) is 0 Å². The van der Waals surface area contributed by atoms with Crippen LogP contribution in [0.2, 0.25) is 0 Å². The van der Waals surface area contributed by atoms with Crippen LogP contribution < -0.4 is 5.32 Å². The largest absolute Gasteiger partial charge is 0.381 e. The van der Waals surface area contributed by atoms with Gasteiger partial charge in [0.1, 0.15) is 11.6 Å². The number of anilines is 1. The Morgan fingerprint density at radius 2 is 1.60 bits per heavy atom. The van der Waals surface area contributed by atoms with Crippen molar-refractivity contribution in [3.05, 3.63) is 65.5 Å². The highest BCUT2D eigenvalue weighted by Crippen LogP contribution is 2.13.